The van der Waals surface area contributed by atoms with Gasteiger partial charge in [0.1, 0.15) is 0 Å². The van der Waals surface area contributed by atoms with E-state index >= 15 is 0 Å². The Labute approximate surface area is 122 Å². The standard InChI is InChI=1S/C13H16Cl2N2O2/c1-13(3-2-4-19-7-13)17-12(18)8-5-9(14)11(15)10(16)6-8/h5-6H,2-4,7,16H2,1H3,(H,17,18). The highest BCUT2D eigenvalue weighted by atomic mass is 35.5. The average molecular weight is 303 g/mol. The number of carbonyl (C=O) groups excluding carboxylic acids is 1. The maximum absolute atomic E-state index is 12.2. The van der Waals surface area contributed by atoms with Gasteiger partial charge in [-0.1, -0.05) is 23.2 Å². The van der Waals surface area contributed by atoms with Gasteiger partial charge in [-0.15, -0.1) is 0 Å². The number of hydrogen-bond donors (Lipinski definition) is 2. The number of amides is 1. The van der Waals surface area contributed by atoms with Crippen molar-refractivity contribution >= 4 is 34.8 Å². The Hall–Kier alpha value is -0.970. The average Bonchev–Trinajstić information content (AvgIpc) is 2.35. The van der Waals surface area contributed by atoms with Crippen molar-refractivity contribution in [1.29, 1.82) is 0 Å². The van der Waals surface area contributed by atoms with Crippen molar-refractivity contribution in [3.63, 3.8) is 0 Å². The molecular formula is C13H16Cl2N2O2. The van der Waals surface area contributed by atoms with Crippen molar-refractivity contribution in [2.45, 2.75) is 25.3 Å². The quantitative estimate of drug-likeness (QED) is 0.826. The first-order valence-electron chi connectivity index (χ1n) is 6.06. The van der Waals surface area contributed by atoms with Crippen LogP contribution in [-0.2, 0) is 4.74 Å². The minimum Gasteiger partial charge on any atom is -0.397 e. The number of nitrogens with two attached hydrogens (primary N) is 1. The Morgan fingerprint density at radius 3 is 2.79 bits per heavy atom. The fraction of sp³-hybridized carbons (Fsp3) is 0.462. The molecule has 1 aromatic carbocycles. The van der Waals surface area contributed by atoms with Crippen LogP contribution in [0.3, 0.4) is 0 Å². The highest BCUT2D eigenvalue weighted by molar-refractivity contribution is 6.43. The van der Waals surface area contributed by atoms with E-state index in [1.54, 1.807) is 0 Å². The van der Waals surface area contributed by atoms with Gasteiger partial charge in [0.2, 0.25) is 0 Å². The van der Waals surface area contributed by atoms with Crippen molar-refractivity contribution in [2.75, 3.05) is 18.9 Å². The molecule has 4 nitrogen and oxygen atoms in total. The fourth-order valence-electron chi connectivity index (χ4n) is 2.12. The molecule has 1 aliphatic heterocycles. The summed E-state index contributed by atoms with van der Waals surface area (Å²) in [5.74, 6) is -0.224. The van der Waals surface area contributed by atoms with E-state index in [4.69, 9.17) is 33.7 Å². The molecule has 0 aromatic heterocycles. The van der Waals surface area contributed by atoms with Crippen molar-refractivity contribution in [3.8, 4) is 0 Å². The van der Waals surface area contributed by atoms with E-state index in [9.17, 15) is 4.79 Å². The SMILES string of the molecule is CC1(NC(=O)c2cc(N)c(Cl)c(Cl)c2)CCCOC1. The molecule has 1 fully saturated rings. The zero-order valence-corrected chi connectivity index (χ0v) is 12.1. The number of anilines is 1. The minimum atomic E-state index is -0.351. The van der Waals surface area contributed by atoms with Crippen LogP contribution in [0.4, 0.5) is 5.69 Å². The largest absolute Gasteiger partial charge is 0.397 e. The zero-order valence-electron chi connectivity index (χ0n) is 10.6. The van der Waals surface area contributed by atoms with Crippen molar-refractivity contribution in [3.05, 3.63) is 27.7 Å². The number of halogens is 2. The maximum atomic E-state index is 12.2. The molecule has 1 amide bonds. The summed E-state index contributed by atoms with van der Waals surface area (Å²) < 4.78 is 5.40. The lowest BCUT2D eigenvalue weighted by molar-refractivity contribution is 0.0272. The van der Waals surface area contributed by atoms with Crippen molar-refractivity contribution in [2.24, 2.45) is 0 Å². The highest BCUT2D eigenvalue weighted by Crippen LogP contribution is 2.29. The molecule has 0 aliphatic carbocycles. The van der Waals surface area contributed by atoms with Gasteiger partial charge in [0, 0.05) is 12.2 Å². The van der Waals surface area contributed by atoms with Crippen LogP contribution in [0.15, 0.2) is 12.1 Å². The van der Waals surface area contributed by atoms with Crippen molar-refractivity contribution < 1.29 is 9.53 Å². The summed E-state index contributed by atoms with van der Waals surface area (Å²) >= 11 is 11.8. The summed E-state index contributed by atoms with van der Waals surface area (Å²) in [5, 5.41) is 3.51. The summed E-state index contributed by atoms with van der Waals surface area (Å²) in [6.07, 6.45) is 1.82. The zero-order chi connectivity index (χ0) is 14.0. The van der Waals surface area contributed by atoms with E-state index in [2.05, 4.69) is 5.32 Å². The number of rotatable bonds is 2. The van der Waals surface area contributed by atoms with Gasteiger partial charge in [0.25, 0.3) is 5.91 Å². The smallest absolute Gasteiger partial charge is 0.251 e. The van der Waals surface area contributed by atoms with Gasteiger partial charge in [-0.2, -0.15) is 0 Å². The molecule has 19 heavy (non-hydrogen) atoms. The fourth-order valence-corrected chi connectivity index (χ4v) is 2.46. The van der Waals surface area contributed by atoms with Gasteiger partial charge < -0.3 is 15.8 Å². The first-order valence-corrected chi connectivity index (χ1v) is 6.82. The molecule has 104 valence electrons. The van der Waals surface area contributed by atoms with Gasteiger partial charge in [-0.25, -0.2) is 0 Å². The number of benzene rings is 1. The highest BCUT2D eigenvalue weighted by Gasteiger charge is 2.29. The van der Waals surface area contributed by atoms with Crippen LogP contribution < -0.4 is 11.1 Å². The van der Waals surface area contributed by atoms with Gasteiger partial charge >= 0.3 is 0 Å². The Morgan fingerprint density at radius 1 is 1.47 bits per heavy atom. The molecule has 1 unspecified atom stereocenters. The monoisotopic (exact) mass is 302 g/mol. The van der Waals surface area contributed by atoms with Gasteiger partial charge in [0.15, 0.2) is 0 Å². The third-order valence-electron chi connectivity index (χ3n) is 3.17. The topological polar surface area (TPSA) is 64.4 Å². The number of hydrogen-bond acceptors (Lipinski definition) is 3. The van der Waals surface area contributed by atoms with Gasteiger partial charge in [-0.3, -0.25) is 4.79 Å². The van der Waals surface area contributed by atoms with E-state index in [0.29, 0.717) is 17.9 Å². The van der Waals surface area contributed by atoms with Crippen molar-refractivity contribution in [1.82, 2.24) is 5.32 Å². The van der Waals surface area contributed by atoms with Crippen LogP contribution in [0.5, 0.6) is 0 Å². The number of ether oxygens (including phenoxy) is 1. The molecule has 1 heterocycles. The van der Waals surface area contributed by atoms with Crippen LogP contribution in [0, 0.1) is 0 Å². The molecule has 6 heteroatoms. The van der Waals surface area contributed by atoms with E-state index in [0.717, 1.165) is 19.4 Å². The van der Waals surface area contributed by atoms with Gasteiger partial charge in [0.05, 0.1) is 27.9 Å². The molecule has 1 aromatic rings. The third kappa shape index (κ3) is 3.32. The lowest BCUT2D eigenvalue weighted by atomic mass is 9.94. The summed E-state index contributed by atoms with van der Waals surface area (Å²) in [5.41, 5.74) is 6.05. The first-order chi connectivity index (χ1) is 8.91. The third-order valence-corrected chi connectivity index (χ3v) is 3.99. The molecule has 2 rings (SSSR count). The Bertz CT molecular complexity index is 476. The maximum Gasteiger partial charge on any atom is 0.251 e. The summed E-state index contributed by atoms with van der Waals surface area (Å²) in [6, 6.07) is 3.04. The molecule has 0 radical (unpaired) electrons. The molecule has 1 atom stereocenters. The van der Waals surface area contributed by atoms with Gasteiger partial charge in [-0.05, 0) is 31.9 Å². The summed E-state index contributed by atoms with van der Waals surface area (Å²) in [6.45, 7) is 3.21. The Kier molecular flexibility index (Phi) is 4.23. The molecule has 0 bridgehead atoms. The minimum absolute atomic E-state index is 0.224. The molecule has 0 spiro atoms. The van der Waals surface area contributed by atoms with Crippen LogP contribution in [0.25, 0.3) is 0 Å². The van der Waals surface area contributed by atoms with E-state index in [1.165, 1.54) is 12.1 Å². The molecule has 1 aliphatic rings. The number of nitrogens with one attached hydrogen (secondary N) is 1. The van der Waals surface area contributed by atoms with Crippen LogP contribution in [0.2, 0.25) is 10.0 Å². The van der Waals surface area contributed by atoms with Crippen LogP contribution >= 0.6 is 23.2 Å². The van der Waals surface area contributed by atoms with E-state index in [-0.39, 0.29) is 21.5 Å². The summed E-state index contributed by atoms with van der Waals surface area (Å²) in [4.78, 5) is 12.2. The lowest BCUT2D eigenvalue weighted by Gasteiger charge is -2.34. The van der Waals surface area contributed by atoms with Crippen LogP contribution in [0.1, 0.15) is 30.1 Å². The second-order valence-corrected chi connectivity index (χ2v) is 5.82. The Balaban J connectivity index is 2.16. The second-order valence-electron chi connectivity index (χ2n) is 5.03. The summed E-state index contributed by atoms with van der Waals surface area (Å²) in [7, 11) is 0. The second kappa shape index (κ2) is 5.57. The lowest BCUT2D eigenvalue weighted by Crippen LogP contribution is -2.51. The predicted octanol–water partition coefficient (Wildman–Crippen LogP) is 2.87. The predicted molar refractivity (Wildman–Crippen MR) is 76.8 cm³/mol. The molecule has 3 N–H and O–H groups in total. The van der Waals surface area contributed by atoms with E-state index in [1.807, 2.05) is 6.92 Å². The molecular weight excluding hydrogens is 287 g/mol. The normalized spacial score (nSPS) is 23.1. The molecule has 1 saturated heterocycles. The Morgan fingerprint density at radius 2 is 2.21 bits per heavy atom. The number of nitrogen functional groups attached to an aromatic ring is 1. The van der Waals surface area contributed by atoms with E-state index < -0.39 is 0 Å². The molecule has 0 saturated carbocycles. The van der Waals surface area contributed by atoms with Crippen LogP contribution in [-0.4, -0.2) is 24.7 Å². The number of carbonyl (C=O) groups is 1. The first kappa shape index (κ1) is 14.4.